The van der Waals surface area contributed by atoms with E-state index >= 15 is 0 Å². The van der Waals surface area contributed by atoms with Gasteiger partial charge in [0.25, 0.3) is 5.91 Å². The lowest BCUT2D eigenvalue weighted by atomic mass is 9.81. The highest BCUT2D eigenvalue weighted by Crippen LogP contribution is 2.31. The molecule has 1 aliphatic rings. The molecular formula is C13H23ClN4O3S. The molecule has 1 unspecified atom stereocenters. The molecule has 0 saturated carbocycles. The number of rotatable bonds is 3. The molecule has 1 atom stereocenters. The van der Waals surface area contributed by atoms with E-state index in [0.29, 0.717) is 19.5 Å². The van der Waals surface area contributed by atoms with Crippen molar-refractivity contribution in [1.29, 1.82) is 0 Å². The number of hydrogen-bond acceptors (Lipinski definition) is 4. The van der Waals surface area contributed by atoms with Crippen molar-refractivity contribution in [3.8, 4) is 0 Å². The number of nitrogens with zero attached hydrogens (tertiary/aromatic N) is 2. The predicted molar refractivity (Wildman–Crippen MR) is 86.3 cm³/mol. The van der Waals surface area contributed by atoms with Crippen molar-refractivity contribution in [2.75, 3.05) is 13.1 Å². The largest absolute Gasteiger partial charge is 0.364 e. The number of hydrogen-bond donors (Lipinski definition) is 2. The second kappa shape index (κ2) is 6.19. The van der Waals surface area contributed by atoms with E-state index in [1.807, 2.05) is 13.8 Å². The van der Waals surface area contributed by atoms with E-state index in [2.05, 4.69) is 0 Å². The molecule has 1 aliphatic heterocycles. The number of sulfonamides is 1. The highest BCUT2D eigenvalue weighted by molar-refractivity contribution is 7.89. The maximum absolute atomic E-state index is 12.7. The zero-order chi connectivity index (χ0) is 16.0. The van der Waals surface area contributed by atoms with Crippen LogP contribution in [0.3, 0.4) is 0 Å². The van der Waals surface area contributed by atoms with Crippen LogP contribution >= 0.6 is 12.4 Å². The number of aromatic nitrogens is 1. The first-order valence-corrected chi connectivity index (χ1v) is 8.21. The highest BCUT2D eigenvalue weighted by atomic mass is 35.5. The zero-order valence-electron chi connectivity index (χ0n) is 12.9. The minimum atomic E-state index is -3.64. The Balaban J connectivity index is 0.00000242. The number of carbonyl (C=O) groups excluding carboxylic acids is 1. The Morgan fingerprint density at radius 3 is 2.45 bits per heavy atom. The number of piperidine rings is 1. The molecule has 0 spiro atoms. The first-order chi connectivity index (χ1) is 9.55. The third kappa shape index (κ3) is 3.29. The van der Waals surface area contributed by atoms with Gasteiger partial charge in [0, 0.05) is 32.4 Å². The number of aryl methyl sites for hydroxylation is 1. The molecule has 9 heteroatoms. The summed E-state index contributed by atoms with van der Waals surface area (Å²) >= 11 is 0. The molecule has 0 aromatic carbocycles. The molecule has 22 heavy (non-hydrogen) atoms. The molecule has 126 valence electrons. The van der Waals surface area contributed by atoms with Crippen molar-refractivity contribution in [3.63, 3.8) is 0 Å². The fourth-order valence-electron chi connectivity index (χ4n) is 2.60. The van der Waals surface area contributed by atoms with Crippen LogP contribution in [0.25, 0.3) is 0 Å². The molecule has 2 rings (SSSR count). The van der Waals surface area contributed by atoms with Crippen LogP contribution < -0.4 is 11.5 Å². The Kier molecular flexibility index (Phi) is 5.34. The summed E-state index contributed by atoms with van der Waals surface area (Å²) in [6.45, 7) is 4.66. The topological polar surface area (TPSA) is 111 Å². The minimum Gasteiger partial charge on any atom is -0.364 e. The Labute approximate surface area is 137 Å². The van der Waals surface area contributed by atoms with Gasteiger partial charge >= 0.3 is 0 Å². The van der Waals surface area contributed by atoms with E-state index in [0.717, 1.165) is 0 Å². The van der Waals surface area contributed by atoms with Crippen molar-refractivity contribution in [3.05, 3.63) is 18.0 Å². The Morgan fingerprint density at radius 1 is 1.41 bits per heavy atom. The Morgan fingerprint density at radius 2 is 2.00 bits per heavy atom. The van der Waals surface area contributed by atoms with Crippen molar-refractivity contribution >= 4 is 28.3 Å². The maximum atomic E-state index is 12.7. The van der Waals surface area contributed by atoms with Gasteiger partial charge < -0.3 is 16.0 Å². The van der Waals surface area contributed by atoms with Gasteiger partial charge in [-0.3, -0.25) is 4.79 Å². The van der Waals surface area contributed by atoms with E-state index in [1.165, 1.54) is 21.1 Å². The van der Waals surface area contributed by atoms with Crippen LogP contribution in [-0.4, -0.2) is 42.3 Å². The maximum Gasteiger partial charge on any atom is 0.265 e. The average Bonchev–Trinajstić information content (AvgIpc) is 2.75. The summed E-state index contributed by atoms with van der Waals surface area (Å²) in [7, 11) is -2.05. The Bertz CT molecular complexity index is 669. The van der Waals surface area contributed by atoms with Gasteiger partial charge in [0.1, 0.15) is 10.6 Å². The lowest BCUT2D eigenvalue weighted by molar-refractivity contribution is 0.0992. The van der Waals surface area contributed by atoms with Gasteiger partial charge in [-0.05, 0) is 17.9 Å². The van der Waals surface area contributed by atoms with Crippen molar-refractivity contribution < 1.29 is 13.2 Å². The minimum absolute atomic E-state index is 0. The third-order valence-electron chi connectivity index (χ3n) is 4.15. The van der Waals surface area contributed by atoms with E-state index in [9.17, 15) is 13.2 Å². The van der Waals surface area contributed by atoms with Crippen LogP contribution in [0.5, 0.6) is 0 Å². The van der Waals surface area contributed by atoms with Crippen LogP contribution in [0.4, 0.5) is 0 Å². The molecule has 1 aromatic heterocycles. The van der Waals surface area contributed by atoms with Crippen molar-refractivity contribution in [2.45, 2.75) is 31.2 Å². The standard InChI is InChI=1S/C13H22N4O3S.ClH/c1-13(2)8-17(5-4-11(13)14)21(19,20)9-6-10(12(15)18)16(3)7-9;/h6-7,11H,4-5,8,14H2,1-3H3,(H2,15,18);1H. The smallest absolute Gasteiger partial charge is 0.265 e. The van der Waals surface area contributed by atoms with Crippen LogP contribution in [-0.2, 0) is 17.1 Å². The lowest BCUT2D eigenvalue weighted by Crippen LogP contribution is -2.53. The molecule has 4 N–H and O–H groups in total. The van der Waals surface area contributed by atoms with Crippen LogP contribution in [0.1, 0.15) is 30.8 Å². The molecule has 0 radical (unpaired) electrons. The van der Waals surface area contributed by atoms with E-state index in [1.54, 1.807) is 7.05 Å². The summed E-state index contributed by atoms with van der Waals surface area (Å²) in [6, 6.07) is 1.29. The van der Waals surface area contributed by atoms with Gasteiger partial charge in [0.15, 0.2) is 0 Å². The molecule has 1 amide bonds. The summed E-state index contributed by atoms with van der Waals surface area (Å²) in [6.07, 6.45) is 2.03. The molecular weight excluding hydrogens is 328 g/mol. The second-order valence-corrected chi connectivity index (χ2v) is 8.20. The van der Waals surface area contributed by atoms with Crippen LogP contribution in [0.15, 0.2) is 17.2 Å². The summed E-state index contributed by atoms with van der Waals surface area (Å²) in [5.74, 6) is -0.653. The van der Waals surface area contributed by atoms with Crippen LogP contribution in [0.2, 0.25) is 0 Å². The van der Waals surface area contributed by atoms with E-state index < -0.39 is 15.9 Å². The molecule has 7 nitrogen and oxygen atoms in total. The van der Waals surface area contributed by atoms with Gasteiger partial charge in [0.2, 0.25) is 10.0 Å². The zero-order valence-corrected chi connectivity index (χ0v) is 14.6. The number of primary amides is 1. The number of carbonyl (C=O) groups is 1. The predicted octanol–water partition coefficient (Wildman–Crippen LogP) is 0.294. The van der Waals surface area contributed by atoms with Gasteiger partial charge in [0.05, 0.1) is 0 Å². The van der Waals surface area contributed by atoms with Gasteiger partial charge in [-0.1, -0.05) is 13.8 Å². The normalized spacial score (nSPS) is 22.1. The van der Waals surface area contributed by atoms with Gasteiger partial charge in [-0.25, -0.2) is 8.42 Å². The van der Waals surface area contributed by atoms with E-state index in [4.69, 9.17) is 11.5 Å². The summed E-state index contributed by atoms with van der Waals surface area (Å²) in [4.78, 5) is 11.3. The fourth-order valence-corrected chi connectivity index (χ4v) is 4.30. The SMILES string of the molecule is Cl.Cn1cc(S(=O)(=O)N2CCC(N)C(C)(C)C2)cc1C(N)=O. The monoisotopic (exact) mass is 350 g/mol. The molecule has 1 aromatic rings. The number of halogens is 1. The number of nitrogens with two attached hydrogens (primary N) is 2. The third-order valence-corrected chi connectivity index (χ3v) is 5.96. The van der Waals surface area contributed by atoms with E-state index in [-0.39, 0.29) is 34.5 Å². The van der Waals surface area contributed by atoms with Crippen molar-refractivity contribution in [2.24, 2.45) is 23.9 Å². The highest BCUT2D eigenvalue weighted by Gasteiger charge is 2.39. The second-order valence-electron chi connectivity index (χ2n) is 6.26. The summed E-state index contributed by atoms with van der Waals surface area (Å²) < 4.78 is 28.2. The lowest BCUT2D eigenvalue weighted by Gasteiger charge is -2.41. The van der Waals surface area contributed by atoms with Crippen LogP contribution in [0, 0.1) is 5.41 Å². The van der Waals surface area contributed by atoms with Crippen molar-refractivity contribution in [1.82, 2.24) is 8.87 Å². The molecule has 0 aliphatic carbocycles. The quantitative estimate of drug-likeness (QED) is 0.816. The molecule has 1 saturated heterocycles. The molecule has 2 heterocycles. The van der Waals surface area contributed by atoms with Gasteiger partial charge in [-0.2, -0.15) is 4.31 Å². The first kappa shape index (κ1) is 19.0. The first-order valence-electron chi connectivity index (χ1n) is 6.77. The fraction of sp³-hybridized carbons (Fsp3) is 0.615. The average molecular weight is 351 g/mol. The Hall–Kier alpha value is -1.09. The summed E-state index contributed by atoms with van der Waals surface area (Å²) in [5.41, 5.74) is 11.1. The molecule has 1 fully saturated rings. The number of amides is 1. The van der Waals surface area contributed by atoms with Gasteiger partial charge in [-0.15, -0.1) is 12.4 Å². The molecule has 0 bridgehead atoms. The summed E-state index contributed by atoms with van der Waals surface area (Å²) in [5, 5.41) is 0.